The predicted molar refractivity (Wildman–Crippen MR) is 134 cm³/mol. The zero-order chi connectivity index (χ0) is 23.5. The van der Waals surface area contributed by atoms with E-state index in [0.29, 0.717) is 23.9 Å². The summed E-state index contributed by atoms with van der Waals surface area (Å²) in [6.07, 6.45) is 2.11. The molecule has 5 rings (SSSR count). The van der Waals surface area contributed by atoms with E-state index in [1.54, 1.807) is 0 Å². The Kier molecular flexibility index (Phi) is 6.37. The average Bonchev–Trinajstić information content (AvgIpc) is 3.41. The van der Waals surface area contributed by atoms with Crippen molar-refractivity contribution in [2.24, 2.45) is 0 Å². The number of H-pyrrole nitrogens is 1. The molecule has 0 bridgehead atoms. The van der Waals surface area contributed by atoms with Crippen LogP contribution in [0.15, 0.2) is 78.9 Å². The summed E-state index contributed by atoms with van der Waals surface area (Å²) in [7, 11) is 0. The molecule has 0 saturated carbocycles. The Bertz CT molecular complexity index is 1270. The quantitative estimate of drug-likeness (QED) is 0.292. The van der Waals surface area contributed by atoms with Crippen LogP contribution in [0.1, 0.15) is 53.0 Å². The third-order valence-electron chi connectivity index (χ3n) is 6.14. The second kappa shape index (κ2) is 9.74. The molecule has 172 valence electrons. The predicted octanol–water partition coefficient (Wildman–Crippen LogP) is 6.65. The third kappa shape index (κ3) is 4.31. The van der Waals surface area contributed by atoms with Crippen molar-refractivity contribution in [1.82, 2.24) is 15.1 Å². The number of nitrogens with zero attached hydrogens (tertiary/aromatic N) is 2. The lowest BCUT2D eigenvalue weighted by Crippen LogP contribution is -2.29. The highest BCUT2D eigenvalue weighted by Gasteiger charge is 2.42. The van der Waals surface area contributed by atoms with Crippen molar-refractivity contribution in [2.75, 3.05) is 6.61 Å². The number of carbonyl (C=O) groups excluding carboxylic acids is 1. The summed E-state index contributed by atoms with van der Waals surface area (Å²) in [4.78, 5) is 15.4. The summed E-state index contributed by atoms with van der Waals surface area (Å²) in [5.41, 5.74) is 5.26. The number of aromatic amines is 1. The van der Waals surface area contributed by atoms with Gasteiger partial charge in [-0.25, -0.2) is 0 Å². The first-order valence-corrected chi connectivity index (χ1v) is 12.0. The van der Waals surface area contributed by atoms with E-state index >= 15 is 0 Å². The molecule has 0 spiro atoms. The number of ether oxygens (including phenoxy) is 1. The minimum absolute atomic E-state index is 0.0621. The molecule has 34 heavy (non-hydrogen) atoms. The molecule has 2 heterocycles. The van der Waals surface area contributed by atoms with Gasteiger partial charge in [-0.15, -0.1) is 0 Å². The van der Waals surface area contributed by atoms with Gasteiger partial charge >= 0.3 is 0 Å². The van der Waals surface area contributed by atoms with Crippen molar-refractivity contribution in [2.45, 2.75) is 32.4 Å². The molecule has 0 saturated heterocycles. The van der Waals surface area contributed by atoms with Crippen LogP contribution in [-0.2, 0) is 6.54 Å². The molecule has 1 aliphatic rings. The first-order valence-electron chi connectivity index (χ1n) is 11.6. The topological polar surface area (TPSA) is 58.2 Å². The maximum absolute atomic E-state index is 13.5. The minimum Gasteiger partial charge on any atom is -0.494 e. The van der Waals surface area contributed by atoms with E-state index in [4.69, 9.17) is 16.3 Å². The zero-order valence-electron chi connectivity index (χ0n) is 19.0. The van der Waals surface area contributed by atoms with E-state index in [-0.39, 0.29) is 11.9 Å². The van der Waals surface area contributed by atoms with Crippen molar-refractivity contribution in [1.29, 1.82) is 0 Å². The molecule has 5 nitrogen and oxygen atoms in total. The molecule has 0 fully saturated rings. The summed E-state index contributed by atoms with van der Waals surface area (Å²) in [6, 6.07) is 25.4. The monoisotopic (exact) mass is 471 g/mol. The highest BCUT2D eigenvalue weighted by atomic mass is 35.5. The molecule has 0 aliphatic carbocycles. The van der Waals surface area contributed by atoms with Gasteiger partial charge in [0.15, 0.2) is 0 Å². The van der Waals surface area contributed by atoms with E-state index in [9.17, 15) is 4.79 Å². The summed E-state index contributed by atoms with van der Waals surface area (Å²) in [5, 5.41) is 8.23. The van der Waals surface area contributed by atoms with Gasteiger partial charge in [0, 0.05) is 22.7 Å². The number of carbonyl (C=O) groups is 1. The van der Waals surface area contributed by atoms with Crippen molar-refractivity contribution in [3.8, 4) is 17.0 Å². The van der Waals surface area contributed by atoms with Gasteiger partial charge in [0.1, 0.15) is 11.4 Å². The van der Waals surface area contributed by atoms with Gasteiger partial charge in [-0.2, -0.15) is 5.10 Å². The highest BCUT2D eigenvalue weighted by Crippen LogP contribution is 2.43. The molecule has 1 aromatic heterocycles. The smallest absolute Gasteiger partial charge is 0.273 e. The first-order chi connectivity index (χ1) is 16.7. The van der Waals surface area contributed by atoms with Gasteiger partial charge in [-0.3, -0.25) is 9.89 Å². The first kappa shape index (κ1) is 22.2. The van der Waals surface area contributed by atoms with Crippen molar-refractivity contribution in [3.05, 3.63) is 106 Å². The number of benzene rings is 3. The van der Waals surface area contributed by atoms with Crippen molar-refractivity contribution in [3.63, 3.8) is 0 Å². The largest absolute Gasteiger partial charge is 0.494 e. The number of amides is 1. The van der Waals surface area contributed by atoms with Crippen LogP contribution in [0, 0.1) is 0 Å². The van der Waals surface area contributed by atoms with E-state index in [1.807, 2.05) is 83.8 Å². The lowest BCUT2D eigenvalue weighted by molar-refractivity contribution is 0.0730. The van der Waals surface area contributed by atoms with Crippen LogP contribution in [0.4, 0.5) is 0 Å². The minimum atomic E-state index is -0.267. The Labute approximate surface area is 204 Å². The lowest BCUT2D eigenvalue weighted by Gasteiger charge is -2.26. The summed E-state index contributed by atoms with van der Waals surface area (Å²) in [5.74, 6) is 0.773. The number of halogens is 1. The third-order valence-corrected chi connectivity index (χ3v) is 6.39. The Morgan fingerprint density at radius 2 is 1.74 bits per heavy atom. The molecule has 1 unspecified atom stereocenters. The molecule has 0 radical (unpaired) electrons. The van der Waals surface area contributed by atoms with Gasteiger partial charge in [0.25, 0.3) is 5.91 Å². The molecule has 1 N–H and O–H groups in total. The fourth-order valence-electron chi connectivity index (χ4n) is 4.39. The normalized spacial score (nSPS) is 14.9. The number of unbranched alkanes of at least 4 members (excludes halogenated alkanes) is 1. The fraction of sp³-hybridized carbons (Fsp3) is 0.214. The number of nitrogens with one attached hydrogen (secondary N) is 1. The number of hydrogen-bond acceptors (Lipinski definition) is 3. The van der Waals surface area contributed by atoms with Crippen LogP contribution >= 0.6 is 11.6 Å². The molecule has 1 aliphatic heterocycles. The fourth-order valence-corrected chi connectivity index (χ4v) is 4.52. The van der Waals surface area contributed by atoms with Gasteiger partial charge in [0.2, 0.25) is 0 Å². The lowest BCUT2D eigenvalue weighted by atomic mass is 9.96. The number of hydrogen-bond donors (Lipinski definition) is 1. The summed E-state index contributed by atoms with van der Waals surface area (Å²) < 4.78 is 5.85. The molecule has 6 heteroatoms. The van der Waals surface area contributed by atoms with Crippen molar-refractivity contribution < 1.29 is 9.53 Å². The molecule has 1 amide bonds. The van der Waals surface area contributed by atoms with Gasteiger partial charge in [-0.1, -0.05) is 79.5 Å². The Hall–Kier alpha value is -3.57. The molecule has 1 atom stereocenters. The van der Waals surface area contributed by atoms with E-state index in [1.165, 1.54) is 0 Å². The molecular weight excluding hydrogens is 446 g/mol. The SMILES string of the molecule is CCCCOc1ccc(C2c3c(-c4ccccc4)n[nH]c3C(=O)N2Cc2ccc(Cl)cc2)cc1. The molecular formula is C28H26ClN3O2. The van der Waals surface area contributed by atoms with E-state index in [0.717, 1.165) is 46.5 Å². The average molecular weight is 472 g/mol. The van der Waals surface area contributed by atoms with Crippen LogP contribution in [0.25, 0.3) is 11.3 Å². The Balaban J connectivity index is 1.54. The highest BCUT2D eigenvalue weighted by molar-refractivity contribution is 6.30. The second-order valence-electron chi connectivity index (χ2n) is 8.46. The van der Waals surface area contributed by atoms with Gasteiger partial charge < -0.3 is 9.64 Å². The van der Waals surface area contributed by atoms with Gasteiger partial charge in [0.05, 0.1) is 18.3 Å². The van der Waals surface area contributed by atoms with Crippen LogP contribution in [0.3, 0.4) is 0 Å². The summed E-state index contributed by atoms with van der Waals surface area (Å²) in [6.45, 7) is 3.31. The Morgan fingerprint density at radius 1 is 1.00 bits per heavy atom. The zero-order valence-corrected chi connectivity index (χ0v) is 19.8. The Morgan fingerprint density at radius 3 is 2.44 bits per heavy atom. The second-order valence-corrected chi connectivity index (χ2v) is 8.90. The van der Waals surface area contributed by atoms with Crippen LogP contribution in [0.2, 0.25) is 5.02 Å². The summed E-state index contributed by atoms with van der Waals surface area (Å²) >= 11 is 6.08. The van der Waals surface area contributed by atoms with Crippen molar-refractivity contribution >= 4 is 17.5 Å². The molecule has 4 aromatic rings. The van der Waals surface area contributed by atoms with Crippen LogP contribution < -0.4 is 4.74 Å². The number of rotatable bonds is 8. The maximum Gasteiger partial charge on any atom is 0.273 e. The van der Waals surface area contributed by atoms with Crippen LogP contribution in [-0.4, -0.2) is 27.6 Å². The standard InChI is InChI=1S/C28H26ClN3O2/c1-2-3-17-34-23-15-11-21(12-16-23)27-24-25(20-7-5-4-6-8-20)30-31-26(24)28(33)32(27)18-19-9-13-22(29)14-10-19/h4-16,27H,2-3,17-18H2,1H3,(H,30,31). The maximum atomic E-state index is 13.5. The van der Waals surface area contributed by atoms with Gasteiger partial charge in [-0.05, 0) is 41.8 Å². The van der Waals surface area contributed by atoms with Crippen LogP contribution in [0.5, 0.6) is 5.75 Å². The molecule has 3 aromatic carbocycles. The van der Waals surface area contributed by atoms with E-state index in [2.05, 4.69) is 17.1 Å². The number of aromatic nitrogens is 2. The number of fused-ring (bicyclic) bond motifs is 1. The van der Waals surface area contributed by atoms with E-state index < -0.39 is 0 Å².